The molecule has 1 atom stereocenters. The molecule has 1 aliphatic rings. The molecule has 29 heavy (non-hydrogen) atoms. The molecule has 9 nitrogen and oxygen atoms in total. The lowest BCUT2D eigenvalue weighted by molar-refractivity contribution is -0.391. The van der Waals surface area contributed by atoms with Crippen molar-refractivity contribution in [3.8, 4) is 11.3 Å². The number of aromatic nitrogens is 5. The van der Waals surface area contributed by atoms with Crippen LogP contribution in [0.15, 0.2) is 54.9 Å². The molecule has 1 aromatic carbocycles. The lowest BCUT2D eigenvalue weighted by atomic mass is 9.97. The molecule has 9 heteroatoms. The number of aromatic amines is 1. The van der Waals surface area contributed by atoms with Gasteiger partial charge in [0, 0.05) is 25.1 Å². The van der Waals surface area contributed by atoms with Crippen LogP contribution in [0.4, 0.5) is 11.6 Å². The first kappa shape index (κ1) is 17.4. The maximum Gasteiger partial charge on any atom is 0.368 e. The molecule has 1 fully saturated rings. The van der Waals surface area contributed by atoms with Crippen LogP contribution in [0.1, 0.15) is 24.6 Å². The minimum absolute atomic E-state index is 0.131. The number of anilines is 1. The number of benzene rings is 1. The zero-order valence-electron chi connectivity index (χ0n) is 15.6. The van der Waals surface area contributed by atoms with Crippen LogP contribution < -0.4 is 4.90 Å². The zero-order valence-corrected chi connectivity index (χ0v) is 15.6. The third-order valence-corrected chi connectivity index (χ3v) is 5.33. The van der Waals surface area contributed by atoms with Gasteiger partial charge in [0.25, 0.3) is 0 Å². The Morgan fingerprint density at radius 3 is 2.79 bits per heavy atom. The van der Waals surface area contributed by atoms with Gasteiger partial charge in [-0.15, -0.1) is 0 Å². The van der Waals surface area contributed by atoms with E-state index in [1.54, 1.807) is 6.07 Å². The summed E-state index contributed by atoms with van der Waals surface area (Å²) in [5.41, 5.74) is 2.58. The van der Waals surface area contributed by atoms with E-state index in [0.717, 1.165) is 43.0 Å². The smallest absolute Gasteiger partial charge is 0.358 e. The first-order valence-corrected chi connectivity index (χ1v) is 9.53. The molecule has 1 unspecified atom stereocenters. The molecule has 0 saturated carbocycles. The lowest BCUT2D eigenvalue weighted by Gasteiger charge is -2.32. The van der Waals surface area contributed by atoms with Crippen LogP contribution in [0, 0.1) is 10.1 Å². The molecule has 4 heterocycles. The highest BCUT2D eigenvalue weighted by molar-refractivity contribution is 5.58. The number of H-pyrrole nitrogens is 1. The van der Waals surface area contributed by atoms with Crippen molar-refractivity contribution in [3.05, 3.63) is 70.8 Å². The van der Waals surface area contributed by atoms with Crippen LogP contribution in [0.25, 0.3) is 16.9 Å². The van der Waals surface area contributed by atoms with E-state index in [4.69, 9.17) is 0 Å². The van der Waals surface area contributed by atoms with Crippen LogP contribution >= 0.6 is 0 Å². The Kier molecular flexibility index (Phi) is 4.19. The van der Waals surface area contributed by atoms with E-state index >= 15 is 0 Å². The minimum Gasteiger partial charge on any atom is -0.358 e. The highest BCUT2D eigenvalue weighted by Crippen LogP contribution is 2.29. The molecule has 146 valence electrons. The number of hydrogen-bond donors (Lipinski definition) is 1. The van der Waals surface area contributed by atoms with Crippen molar-refractivity contribution in [2.24, 2.45) is 0 Å². The van der Waals surface area contributed by atoms with E-state index in [-0.39, 0.29) is 11.7 Å². The molecule has 1 N–H and O–H groups in total. The third kappa shape index (κ3) is 3.20. The Balaban J connectivity index is 1.40. The van der Waals surface area contributed by atoms with Gasteiger partial charge in [-0.1, -0.05) is 39.9 Å². The zero-order chi connectivity index (χ0) is 19.8. The second-order valence-electron chi connectivity index (χ2n) is 7.17. The molecule has 0 radical (unpaired) electrons. The fourth-order valence-corrected chi connectivity index (χ4v) is 3.86. The molecule has 4 aromatic rings. The van der Waals surface area contributed by atoms with Gasteiger partial charge in [-0.05, 0) is 29.4 Å². The van der Waals surface area contributed by atoms with Gasteiger partial charge in [-0.3, -0.25) is 0 Å². The van der Waals surface area contributed by atoms with E-state index < -0.39 is 4.92 Å². The predicted octanol–water partition coefficient (Wildman–Crippen LogP) is 3.41. The van der Waals surface area contributed by atoms with Crippen LogP contribution in [-0.4, -0.2) is 42.6 Å². The largest absolute Gasteiger partial charge is 0.368 e. The summed E-state index contributed by atoms with van der Waals surface area (Å²) in [7, 11) is 0. The van der Waals surface area contributed by atoms with E-state index in [9.17, 15) is 10.1 Å². The second-order valence-corrected chi connectivity index (χ2v) is 7.17. The fourth-order valence-electron chi connectivity index (χ4n) is 3.86. The molecular weight excluding hydrogens is 370 g/mol. The number of nitro groups is 1. The van der Waals surface area contributed by atoms with E-state index in [1.165, 1.54) is 10.7 Å². The van der Waals surface area contributed by atoms with Crippen molar-refractivity contribution in [2.45, 2.75) is 18.8 Å². The van der Waals surface area contributed by atoms with Crippen LogP contribution in [0.2, 0.25) is 0 Å². The average Bonchev–Trinajstić information content (AvgIpc) is 3.41. The Morgan fingerprint density at radius 2 is 1.97 bits per heavy atom. The average molecular weight is 389 g/mol. The third-order valence-electron chi connectivity index (χ3n) is 5.33. The maximum absolute atomic E-state index is 11.2. The van der Waals surface area contributed by atoms with Crippen LogP contribution in [-0.2, 0) is 0 Å². The minimum atomic E-state index is -0.469. The van der Waals surface area contributed by atoms with E-state index in [2.05, 4.69) is 37.1 Å². The number of imidazole rings is 2. The lowest BCUT2D eigenvalue weighted by Crippen LogP contribution is -2.35. The molecule has 1 saturated heterocycles. The van der Waals surface area contributed by atoms with Gasteiger partial charge in [0.05, 0.1) is 11.9 Å². The van der Waals surface area contributed by atoms with Crippen molar-refractivity contribution < 1.29 is 4.92 Å². The standard InChI is InChI=1S/C20H19N7O2/c28-27(29)19-12-21-17-8-9-18(24-26(17)19)25-10-4-7-15(13-25)20-22-11-16(23-20)14-5-2-1-3-6-14/h1-3,5-6,8-9,11-12,15H,4,7,10,13H2,(H,22,23). The normalized spacial score (nSPS) is 17.0. The Bertz CT molecular complexity index is 1170. The van der Waals surface area contributed by atoms with Crippen molar-refractivity contribution >= 4 is 17.3 Å². The summed E-state index contributed by atoms with van der Waals surface area (Å²) >= 11 is 0. The van der Waals surface area contributed by atoms with Crippen LogP contribution in [0.5, 0.6) is 0 Å². The molecule has 0 bridgehead atoms. The number of nitrogens with one attached hydrogen (secondary N) is 1. The quantitative estimate of drug-likeness (QED) is 0.424. The van der Waals surface area contributed by atoms with Crippen LogP contribution in [0.3, 0.4) is 0 Å². The second kappa shape index (κ2) is 7.01. The number of rotatable bonds is 4. The molecule has 3 aromatic heterocycles. The van der Waals surface area contributed by atoms with Gasteiger partial charge < -0.3 is 20.0 Å². The van der Waals surface area contributed by atoms with Gasteiger partial charge >= 0.3 is 5.82 Å². The fraction of sp³-hybridized carbons (Fsp3) is 0.250. The van der Waals surface area contributed by atoms with Gasteiger partial charge in [0.15, 0.2) is 5.82 Å². The molecule has 1 aliphatic heterocycles. The molecule has 0 amide bonds. The number of piperidine rings is 1. The summed E-state index contributed by atoms with van der Waals surface area (Å²) in [6.07, 6.45) is 5.14. The maximum atomic E-state index is 11.2. The summed E-state index contributed by atoms with van der Waals surface area (Å²) in [4.78, 5) is 25.0. The highest BCUT2D eigenvalue weighted by atomic mass is 16.6. The van der Waals surface area contributed by atoms with Gasteiger partial charge in [0.1, 0.15) is 12.0 Å². The number of nitrogens with zero attached hydrogens (tertiary/aromatic N) is 6. The number of hydrogen-bond acceptors (Lipinski definition) is 6. The Labute approximate surface area is 166 Å². The van der Waals surface area contributed by atoms with Crippen molar-refractivity contribution in [1.82, 2.24) is 24.6 Å². The predicted molar refractivity (Wildman–Crippen MR) is 108 cm³/mol. The molecule has 0 spiro atoms. The first-order chi connectivity index (χ1) is 14.2. The van der Waals surface area contributed by atoms with E-state index in [1.807, 2.05) is 30.5 Å². The van der Waals surface area contributed by atoms with Crippen molar-refractivity contribution in [2.75, 3.05) is 18.0 Å². The Hall–Kier alpha value is -3.75. The summed E-state index contributed by atoms with van der Waals surface area (Å²) in [6, 6.07) is 13.8. The Morgan fingerprint density at radius 1 is 1.10 bits per heavy atom. The summed E-state index contributed by atoms with van der Waals surface area (Å²) < 4.78 is 1.29. The van der Waals surface area contributed by atoms with Crippen molar-refractivity contribution in [3.63, 3.8) is 0 Å². The SMILES string of the molecule is O=[N+]([O-])c1cnc2ccc(N3CCCC(c4ncc(-c5ccccc5)[nH]4)C3)nn12. The number of fused-ring (bicyclic) bond motifs is 1. The van der Waals surface area contributed by atoms with Gasteiger partial charge in [0.2, 0.25) is 5.65 Å². The van der Waals surface area contributed by atoms with Crippen molar-refractivity contribution in [1.29, 1.82) is 0 Å². The molecule has 5 rings (SSSR count). The summed E-state index contributed by atoms with van der Waals surface area (Å²) in [5.74, 6) is 1.78. The molecule has 0 aliphatic carbocycles. The highest BCUT2D eigenvalue weighted by Gasteiger charge is 2.26. The summed E-state index contributed by atoms with van der Waals surface area (Å²) in [6.45, 7) is 1.60. The monoisotopic (exact) mass is 389 g/mol. The summed E-state index contributed by atoms with van der Waals surface area (Å²) in [5, 5.41) is 15.7. The topological polar surface area (TPSA) is 105 Å². The first-order valence-electron chi connectivity index (χ1n) is 9.53. The van der Waals surface area contributed by atoms with Gasteiger partial charge in [-0.2, -0.15) is 0 Å². The van der Waals surface area contributed by atoms with E-state index in [0.29, 0.717) is 11.5 Å². The van der Waals surface area contributed by atoms with Gasteiger partial charge in [-0.25, -0.2) is 9.97 Å². The molecular formula is C20H19N7O2.